The van der Waals surface area contributed by atoms with E-state index in [1.807, 2.05) is 35.0 Å². The van der Waals surface area contributed by atoms with Gasteiger partial charge in [0, 0.05) is 4.88 Å². The van der Waals surface area contributed by atoms with Crippen LogP contribution in [0.5, 0.6) is 0 Å². The molecule has 0 saturated heterocycles. The van der Waals surface area contributed by atoms with Gasteiger partial charge in [0.1, 0.15) is 27.5 Å². The number of nitriles is 1. The number of nitrogens with one attached hydrogen (secondary N) is 1. The van der Waals surface area contributed by atoms with Gasteiger partial charge in [0.25, 0.3) is 11.3 Å². The molecule has 0 unspecified atom stereocenters. The van der Waals surface area contributed by atoms with Crippen molar-refractivity contribution < 1.29 is 0 Å². The Morgan fingerprint density at radius 3 is 2.69 bits per heavy atom. The lowest BCUT2D eigenvalue weighted by Crippen LogP contribution is -2.25. The summed E-state index contributed by atoms with van der Waals surface area (Å²) in [5.74, 6) is 0.212. The van der Waals surface area contributed by atoms with Crippen molar-refractivity contribution in [3.05, 3.63) is 61.5 Å². The Hall–Kier alpha value is -2.91. The number of thiol groups is 1. The number of thiophene rings is 2. The van der Waals surface area contributed by atoms with E-state index < -0.39 is 5.56 Å². The maximum atomic E-state index is 13.1. The number of anilines is 1. The van der Waals surface area contributed by atoms with E-state index in [1.165, 1.54) is 27.1 Å². The molecule has 0 saturated carbocycles. The van der Waals surface area contributed by atoms with Crippen LogP contribution in [0.1, 0.15) is 16.1 Å². The Morgan fingerprint density at radius 2 is 2.03 bits per heavy atom. The lowest BCUT2D eigenvalue weighted by atomic mass is 10.2. The van der Waals surface area contributed by atoms with Crippen LogP contribution in [0.3, 0.4) is 0 Å². The molecule has 0 aromatic carbocycles. The third-order valence-electron chi connectivity index (χ3n) is 3.82. The smallest absolute Gasteiger partial charge is 0.287 e. The van der Waals surface area contributed by atoms with Crippen LogP contribution in [0.15, 0.2) is 39.8 Å². The minimum absolute atomic E-state index is 0.0535. The van der Waals surface area contributed by atoms with Crippen LogP contribution in [0.4, 0.5) is 5.82 Å². The Kier molecular flexibility index (Phi) is 5.50. The third-order valence-corrected chi connectivity index (χ3v) is 5.75. The second-order valence-electron chi connectivity index (χ2n) is 5.58. The molecule has 0 radical (unpaired) electrons. The van der Waals surface area contributed by atoms with Crippen molar-refractivity contribution >= 4 is 75.6 Å². The Balaban J connectivity index is 1.99. The summed E-state index contributed by atoms with van der Waals surface area (Å²) in [6.07, 6.45) is 3.35. The highest BCUT2D eigenvalue weighted by molar-refractivity contribution is 8.11. The van der Waals surface area contributed by atoms with E-state index in [2.05, 4.69) is 39.2 Å². The second kappa shape index (κ2) is 8.22. The van der Waals surface area contributed by atoms with E-state index in [4.69, 9.17) is 12.2 Å². The van der Waals surface area contributed by atoms with Crippen LogP contribution in [0.25, 0.3) is 28.5 Å². The zero-order valence-corrected chi connectivity index (χ0v) is 17.8. The second-order valence-corrected chi connectivity index (χ2v) is 8.66. The first-order valence-corrected chi connectivity index (χ1v) is 10.7. The molecule has 0 atom stereocenters. The van der Waals surface area contributed by atoms with Crippen molar-refractivity contribution in [2.45, 2.75) is 0 Å². The Labute approximate surface area is 183 Å². The van der Waals surface area contributed by atoms with Gasteiger partial charge < -0.3 is 5.32 Å². The van der Waals surface area contributed by atoms with E-state index >= 15 is 0 Å². The van der Waals surface area contributed by atoms with Gasteiger partial charge in [0.2, 0.25) is 0 Å². The summed E-state index contributed by atoms with van der Waals surface area (Å²) in [6, 6.07) is 9.62. The summed E-state index contributed by atoms with van der Waals surface area (Å²) in [4.78, 5) is 19.3. The quantitative estimate of drug-likeness (QED) is 0.356. The first-order chi connectivity index (χ1) is 14.1. The molecule has 11 heteroatoms. The number of hydrogen-bond acceptors (Lipinski definition) is 8. The molecule has 4 aromatic heterocycles. The molecule has 0 amide bonds. The highest BCUT2D eigenvalue weighted by Crippen LogP contribution is 2.30. The largest absolute Gasteiger partial charge is 0.326 e. The molecule has 142 valence electrons. The minimum Gasteiger partial charge on any atom is -0.326 e. The van der Waals surface area contributed by atoms with Gasteiger partial charge in [0.15, 0.2) is 5.69 Å². The first-order valence-electron chi connectivity index (χ1n) is 8.07. The fourth-order valence-corrected chi connectivity index (χ4v) is 4.16. The summed E-state index contributed by atoms with van der Waals surface area (Å²) in [5, 5.41) is 24.5. The van der Waals surface area contributed by atoms with Crippen molar-refractivity contribution in [1.82, 2.24) is 19.6 Å². The number of fused-ring (bicyclic) bond motifs is 1. The molecular weight excluding hydrogens is 445 g/mol. The van der Waals surface area contributed by atoms with Gasteiger partial charge in [-0.1, -0.05) is 24.4 Å². The number of nitrogens with zero attached hydrogens (tertiary/aromatic N) is 5. The average molecular weight is 455 g/mol. The summed E-state index contributed by atoms with van der Waals surface area (Å²) in [6.45, 7) is 0. The lowest BCUT2D eigenvalue weighted by molar-refractivity contribution is 0.898. The number of hydrogen-bond donors (Lipinski definition) is 2. The third kappa shape index (κ3) is 3.83. The minimum atomic E-state index is -0.475. The van der Waals surface area contributed by atoms with Crippen LogP contribution in [-0.2, 0) is 0 Å². The van der Waals surface area contributed by atoms with Crippen molar-refractivity contribution in [3.8, 4) is 16.6 Å². The van der Waals surface area contributed by atoms with Gasteiger partial charge in [-0.2, -0.15) is 5.26 Å². The highest BCUT2D eigenvalue weighted by Gasteiger charge is 2.20. The SMILES string of the molecule is N#Cc1c(-c2cccs2)nc2nnc(/C=C\c3cccs3)c(=O)n2c1NC(=S)S. The van der Waals surface area contributed by atoms with Crippen LogP contribution in [0, 0.1) is 11.3 Å². The molecule has 0 aliphatic rings. The molecule has 0 spiro atoms. The zero-order chi connectivity index (χ0) is 20.4. The van der Waals surface area contributed by atoms with E-state index in [9.17, 15) is 10.1 Å². The van der Waals surface area contributed by atoms with E-state index in [1.54, 1.807) is 12.2 Å². The van der Waals surface area contributed by atoms with Crippen molar-refractivity contribution in [1.29, 1.82) is 5.26 Å². The molecule has 0 aliphatic carbocycles. The fraction of sp³-hybridized carbons (Fsp3) is 0. The number of thiocarbonyl (C=S) groups is 1. The predicted octanol–water partition coefficient (Wildman–Crippen LogP) is 3.94. The lowest BCUT2D eigenvalue weighted by Gasteiger charge is -2.13. The van der Waals surface area contributed by atoms with E-state index in [0.717, 1.165) is 9.75 Å². The van der Waals surface area contributed by atoms with Crippen molar-refractivity contribution in [2.24, 2.45) is 0 Å². The maximum absolute atomic E-state index is 13.1. The molecule has 29 heavy (non-hydrogen) atoms. The van der Waals surface area contributed by atoms with Gasteiger partial charge in [0.05, 0.1) is 4.88 Å². The van der Waals surface area contributed by atoms with Gasteiger partial charge in [-0.15, -0.1) is 45.5 Å². The van der Waals surface area contributed by atoms with Crippen LogP contribution in [0.2, 0.25) is 0 Å². The molecule has 4 heterocycles. The average Bonchev–Trinajstić information content (AvgIpc) is 3.40. The topological polar surface area (TPSA) is 96.0 Å². The Morgan fingerprint density at radius 1 is 1.24 bits per heavy atom. The summed E-state index contributed by atoms with van der Waals surface area (Å²) in [7, 11) is 0. The normalized spacial score (nSPS) is 11.0. The molecule has 0 fully saturated rings. The molecule has 7 nitrogen and oxygen atoms in total. The first kappa shape index (κ1) is 19.4. The maximum Gasteiger partial charge on any atom is 0.287 e. The summed E-state index contributed by atoms with van der Waals surface area (Å²) < 4.78 is 1.30. The van der Waals surface area contributed by atoms with Gasteiger partial charge >= 0.3 is 0 Å². The highest BCUT2D eigenvalue weighted by atomic mass is 32.1. The monoisotopic (exact) mass is 454 g/mol. The van der Waals surface area contributed by atoms with Crippen LogP contribution >= 0.6 is 47.5 Å². The van der Waals surface area contributed by atoms with Gasteiger partial charge in [-0.25, -0.2) is 9.38 Å². The Bertz CT molecular complexity index is 1330. The van der Waals surface area contributed by atoms with Gasteiger partial charge in [-0.05, 0) is 35.0 Å². The number of rotatable bonds is 4. The van der Waals surface area contributed by atoms with Crippen LogP contribution in [-0.4, -0.2) is 23.9 Å². The summed E-state index contributed by atoms with van der Waals surface area (Å²) >= 11 is 12.1. The van der Waals surface area contributed by atoms with Crippen molar-refractivity contribution in [2.75, 3.05) is 5.32 Å². The molecular formula is C18H10N6OS4. The zero-order valence-electron chi connectivity index (χ0n) is 14.4. The number of aromatic nitrogens is 4. The van der Waals surface area contributed by atoms with Crippen molar-refractivity contribution in [3.63, 3.8) is 0 Å². The standard InChI is InChI=1S/C18H10N6OS4/c19-9-11-14(13-4-2-8-29-13)20-17-23-22-12(6-5-10-3-1-7-28-10)16(25)24(17)15(11)21-18(26)27/h1-8H,(H2,21,26,27)/b6-5-. The molecule has 0 bridgehead atoms. The van der Waals surface area contributed by atoms with Crippen LogP contribution < -0.4 is 10.9 Å². The molecule has 0 aliphatic heterocycles. The summed E-state index contributed by atoms with van der Waals surface area (Å²) in [5.41, 5.74) is 0.194. The fourth-order valence-electron chi connectivity index (χ4n) is 2.61. The van der Waals surface area contributed by atoms with E-state index in [0.29, 0.717) is 5.69 Å². The molecule has 4 rings (SSSR count). The van der Waals surface area contributed by atoms with E-state index in [-0.39, 0.29) is 27.2 Å². The molecule has 4 aromatic rings. The predicted molar refractivity (Wildman–Crippen MR) is 124 cm³/mol. The molecule has 1 N–H and O–H groups in total. The van der Waals surface area contributed by atoms with Gasteiger partial charge in [-0.3, -0.25) is 4.79 Å².